The molecule has 1 saturated heterocycles. The first kappa shape index (κ1) is 12.3. The Morgan fingerprint density at radius 3 is 2.75 bits per heavy atom. The van der Waals surface area contributed by atoms with Crippen LogP contribution < -0.4 is 5.32 Å². The van der Waals surface area contributed by atoms with Crippen molar-refractivity contribution in [1.29, 1.82) is 0 Å². The fourth-order valence-corrected chi connectivity index (χ4v) is 2.52. The highest BCUT2D eigenvalue weighted by atomic mass is 15.3. The third kappa shape index (κ3) is 3.72. The number of piperazine rings is 1. The van der Waals surface area contributed by atoms with Crippen LogP contribution >= 0.6 is 0 Å². The van der Waals surface area contributed by atoms with Gasteiger partial charge in [-0.3, -0.25) is 4.90 Å². The first-order valence-electron chi connectivity index (χ1n) is 6.93. The zero-order chi connectivity index (χ0) is 11.4. The smallest absolute Gasteiger partial charge is 0.0218 e. The predicted octanol–water partition coefficient (Wildman–Crippen LogP) is 1.01. The Morgan fingerprint density at radius 1 is 1.25 bits per heavy atom. The van der Waals surface area contributed by atoms with Gasteiger partial charge in [-0.15, -0.1) is 0 Å². The van der Waals surface area contributed by atoms with E-state index in [1.165, 1.54) is 58.5 Å². The van der Waals surface area contributed by atoms with Gasteiger partial charge < -0.3 is 10.2 Å². The maximum Gasteiger partial charge on any atom is 0.0218 e. The number of rotatable bonds is 6. The van der Waals surface area contributed by atoms with Crippen LogP contribution in [0.1, 0.15) is 26.2 Å². The third-order valence-corrected chi connectivity index (χ3v) is 4.07. The minimum atomic E-state index is 0.775. The molecule has 0 spiro atoms. The molecule has 0 amide bonds. The molecule has 1 N–H and O–H groups in total. The fraction of sp³-hybridized carbons (Fsp3) is 1.00. The van der Waals surface area contributed by atoms with Gasteiger partial charge in [0.2, 0.25) is 0 Å². The summed E-state index contributed by atoms with van der Waals surface area (Å²) in [5.74, 6) is 1.01. The summed E-state index contributed by atoms with van der Waals surface area (Å²) < 4.78 is 0. The van der Waals surface area contributed by atoms with E-state index in [-0.39, 0.29) is 0 Å². The van der Waals surface area contributed by atoms with Gasteiger partial charge in [0.15, 0.2) is 0 Å². The molecule has 1 aliphatic carbocycles. The van der Waals surface area contributed by atoms with Crippen molar-refractivity contribution >= 4 is 0 Å². The lowest BCUT2D eigenvalue weighted by atomic mass is 10.1. The van der Waals surface area contributed by atoms with Crippen molar-refractivity contribution in [1.82, 2.24) is 15.1 Å². The largest absolute Gasteiger partial charge is 0.315 e. The van der Waals surface area contributed by atoms with E-state index in [0.29, 0.717) is 0 Å². The topological polar surface area (TPSA) is 18.5 Å². The molecule has 0 aromatic carbocycles. The number of hydrogen-bond acceptors (Lipinski definition) is 3. The molecule has 1 unspecified atom stereocenters. The number of likely N-dealkylation sites (N-methyl/N-ethyl adjacent to an activating group) is 1. The van der Waals surface area contributed by atoms with Gasteiger partial charge >= 0.3 is 0 Å². The first-order valence-corrected chi connectivity index (χ1v) is 6.93. The molecule has 1 heterocycles. The second-order valence-electron chi connectivity index (χ2n) is 5.49. The molecule has 16 heavy (non-hydrogen) atoms. The van der Waals surface area contributed by atoms with E-state index in [1.54, 1.807) is 0 Å². The van der Waals surface area contributed by atoms with Gasteiger partial charge in [0.25, 0.3) is 0 Å². The van der Waals surface area contributed by atoms with Crippen molar-refractivity contribution in [2.24, 2.45) is 5.92 Å². The number of hydrogen-bond donors (Lipinski definition) is 1. The molecule has 94 valence electrons. The van der Waals surface area contributed by atoms with Gasteiger partial charge in [0, 0.05) is 38.8 Å². The molecule has 1 aliphatic heterocycles. The minimum absolute atomic E-state index is 0.775. The molecule has 0 aromatic heterocycles. The van der Waals surface area contributed by atoms with Crippen LogP contribution in [0.25, 0.3) is 0 Å². The summed E-state index contributed by atoms with van der Waals surface area (Å²) in [7, 11) is 2.26. The van der Waals surface area contributed by atoms with Crippen LogP contribution in [0.15, 0.2) is 0 Å². The highest BCUT2D eigenvalue weighted by molar-refractivity contribution is 4.80. The zero-order valence-corrected chi connectivity index (χ0v) is 10.9. The molecule has 2 fully saturated rings. The van der Waals surface area contributed by atoms with Crippen LogP contribution in [-0.2, 0) is 0 Å². The minimum Gasteiger partial charge on any atom is -0.315 e. The summed E-state index contributed by atoms with van der Waals surface area (Å²) in [6, 6.07) is 0.775. The Morgan fingerprint density at radius 2 is 2.06 bits per heavy atom. The molecule has 1 saturated carbocycles. The number of nitrogens with zero attached hydrogens (tertiary/aromatic N) is 2. The Balaban J connectivity index is 1.57. The Kier molecular flexibility index (Phi) is 4.62. The van der Waals surface area contributed by atoms with E-state index in [4.69, 9.17) is 0 Å². The predicted molar refractivity (Wildman–Crippen MR) is 68.7 cm³/mol. The van der Waals surface area contributed by atoms with Crippen molar-refractivity contribution in [3.63, 3.8) is 0 Å². The fourth-order valence-electron chi connectivity index (χ4n) is 2.52. The van der Waals surface area contributed by atoms with Crippen LogP contribution in [0, 0.1) is 5.92 Å². The standard InChI is InChI=1S/C13H27N3/c1-3-13-11-16(9-8-15(13)2)7-6-14-10-12-4-5-12/h12-14H,3-11H2,1-2H3. The highest BCUT2D eigenvalue weighted by Crippen LogP contribution is 2.27. The van der Waals surface area contributed by atoms with E-state index < -0.39 is 0 Å². The van der Waals surface area contributed by atoms with E-state index >= 15 is 0 Å². The quantitative estimate of drug-likeness (QED) is 0.681. The zero-order valence-electron chi connectivity index (χ0n) is 10.9. The summed E-state index contributed by atoms with van der Waals surface area (Å²) in [5.41, 5.74) is 0. The van der Waals surface area contributed by atoms with Gasteiger partial charge in [-0.2, -0.15) is 0 Å². The van der Waals surface area contributed by atoms with Crippen LogP contribution in [0.2, 0.25) is 0 Å². The molecule has 2 aliphatic rings. The van der Waals surface area contributed by atoms with Crippen LogP contribution in [0.4, 0.5) is 0 Å². The van der Waals surface area contributed by atoms with E-state index in [0.717, 1.165) is 12.0 Å². The van der Waals surface area contributed by atoms with Gasteiger partial charge in [-0.25, -0.2) is 0 Å². The molecule has 2 rings (SSSR count). The summed E-state index contributed by atoms with van der Waals surface area (Å²) in [6.45, 7) is 9.71. The van der Waals surface area contributed by atoms with Gasteiger partial charge in [0.1, 0.15) is 0 Å². The second kappa shape index (κ2) is 5.99. The molecular weight excluding hydrogens is 198 g/mol. The normalized spacial score (nSPS) is 28.5. The Labute approximate surface area is 100 Å². The van der Waals surface area contributed by atoms with Crippen molar-refractivity contribution in [3.05, 3.63) is 0 Å². The maximum absolute atomic E-state index is 3.58. The summed E-state index contributed by atoms with van der Waals surface area (Å²) in [4.78, 5) is 5.13. The first-order chi connectivity index (χ1) is 7.79. The van der Waals surface area contributed by atoms with Gasteiger partial charge in [-0.05, 0) is 38.8 Å². The van der Waals surface area contributed by atoms with Gasteiger partial charge in [0.05, 0.1) is 0 Å². The highest BCUT2D eigenvalue weighted by Gasteiger charge is 2.23. The molecule has 0 aromatic rings. The lowest BCUT2D eigenvalue weighted by Crippen LogP contribution is -2.52. The summed E-state index contributed by atoms with van der Waals surface area (Å²) in [6.07, 6.45) is 4.20. The monoisotopic (exact) mass is 225 g/mol. The van der Waals surface area contributed by atoms with Gasteiger partial charge in [-0.1, -0.05) is 6.92 Å². The average molecular weight is 225 g/mol. The summed E-state index contributed by atoms with van der Waals surface area (Å²) in [5, 5.41) is 3.58. The Hall–Kier alpha value is -0.120. The van der Waals surface area contributed by atoms with E-state index in [9.17, 15) is 0 Å². The van der Waals surface area contributed by atoms with Crippen molar-refractivity contribution in [3.8, 4) is 0 Å². The maximum atomic E-state index is 3.58. The average Bonchev–Trinajstić information content (AvgIpc) is 3.10. The lowest BCUT2D eigenvalue weighted by molar-refractivity contribution is 0.0939. The molecule has 1 atom stereocenters. The van der Waals surface area contributed by atoms with E-state index in [1.807, 2.05) is 0 Å². The van der Waals surface area contributed by atoms with Crippen molar-refractivity contribution < 1.29 is 0 Å². The van der Waals surface area contributed by atoms with Crippen molar-refractivity contribution in [2.45, 2.75) is 32.2 Å². The second-order valence-corrected chi connectivity index (χ2v) is 5.49. The molecule has 3 heteroatoms. The van der Waals surface area contributed by atoms with Crippen LogP contribution in [-0.4, -0.2) is 62.2 Å². The summed E-state index contributed by atoms with van der Waals surface area (Å²) >= 11 is 0. The third-order valence-electron chi connectivity index (χ3n) is 4.07. The SMILES string of the molecule is CCC1CN(CCNCC2CC2)CCN1C. The molecule has 3 nitrogen and oxygen atoms in total. The van der Waals surface area contributed by atoms with Crippen LogP contribution in [0.5, 0.6) is 0 Å². The van der Waals surface area contributed by atoms with E-state index in [2.05, 4.69) is 29.1 Å². The van der Waals surface area contributed by atoms with Crippen molar-refractivity contribution in [2.75, 3.05) is 46.3 Å². The lowest BCUT2D eigenvalue weighted by Gasteiger charge is -2.39. The van der Waals surface area contributed by atoms with Crippen LogP contribution in [0.3, 0.4) is 0 Å². The number of nitrogens with one attached hydrogen (secondary N) is 1. The molecule has 0 bridgehead atoms. The molecular formula is C13H27N3. The molecule has 0 radical (unpaired) electrons. The Bertz CT molecular complexity index is 203.